The van der Waals surface area contributed by atoms with Gasteiger partial charge in [-0.05, 0) is 35.6 Å². The molecule has 0 aliphatic carbocycles. The van der Waals surface area contributed by atoms with Gasteiger partial charge in [0.15, 0.2) is 0 Å². The van der Waals surface area contributed by atoms with E-state index < -0.39 is 6.57 Å². The first-order valence-corrected chi connectivity index (χ1v) is 7.18. The Balaban J connectivity index is 2.76. The third-order valence-corrected chi connectivity index (χ3v) is 3.80. The highest BCUT2D eigenvalue weighted by molar-refractivity contribution is 8.56. The van der Waals surface area contributed by atoms with Crippen LogP contribution < -0.4 is 4.74 Å². The summed E-state index contributed by atoms with van der Waals surface area (Å²) in [6, 6.07) is 7.04. The lowest BCUT2D eigenvalue weighted by Gasteiger charge is -2.05. The van der Waals surface area contributed by atoms with Crippen molar-refractivity contribution in [3.05, 3.63) is 24.3 Å². The van der Waals surface area contributed by atoms with Gasteiger partial charge in [-0.25, -0.2) is 0 Å². The minimum Gasteiger partial charge on any atom is -0.497 e. The number of methoxy groups -OCH3 is 1. The minimum absolute atomic E-state index is 0.744. The first kappa shape index (κ1) is 10.6. The van der Waals surface area contributed by atoms with E-state index in [4.69, 9.17) is 9.63 Å². The number of hydrogen-bond acceptors (Lipinski definition) is 3. The standard InChI is InChI=1S/C8H11O3PS/c1-11-7-3-5-8(6-4-7)13-12(2,9)10/h3-6H,1-2H3,(H,9,10). The van der Waals surface area contributed by atoms with Gasteiger partial charge in [-0.15, -0.1) is 0 Å². The fraction of sp³-hybridized carbons (Fsp3) is 0.250. The molecule has 0 aliphatic heterocycles. The third-order valence-electron chi connectivity index (χ3n) is 1.33. The molecule has 0 aliphatic rings. The van der Waals surface area contributed by atoms with Crippen molar-refractivity contribution in [3.63, 3.8) is 0 Å². The van der Waals surface area contributed by atoms with Gasteiger partial charge in [0.25, 0.3) is 6.57 Å². The first-order chi connectivity index (χ1) is 6.01. The van der Waals surface area contributed by atoms with Gasteiger partial charge in [-0.1, -0.05) is 0 Å². The second kappa shape index (κ2) is 4.18. The average Bonchev–Trinajstić information content (AvgIpc) is 2.03. The Labute approximate surface area is 81.3 Å². The predicted octanol–water partition coefficient (Wildman–Crippen LogP) is 2.60. The molecule has 1 rings (SSSR count). The van der Waals surface area contributed by atoms with E-state index >= 15 is 0 Å². The maximum Gasteiger partial charge on any atom is 0.256 e. The Bertz CT molecular complexity index is 317. The summed E-state index contributed by atoms with van der Waals surface area (Å²) in [4.78, 5) is 9.86. The van der Waals surface area contributed by atoms with Gasteiger partial charge in [-0.3, -0.25) is 4.57 Å². The molecule has 0 amide bonds. The van der Waals surface area contributed by atoms with E-state index in [-0.39, 0.29) is 0 Å². The largest absolute Gasteiger partial charge is 0.497 e. The highest BCUT2D eigenvalue weighted by Gasteiger charge is 2.11. The third kappa shape index (κ3) is 3.85. The molecule has 0 saturated heterocycles. The molecular formula is C8H11O3PS. The molecular weight excluding hydrogens is 207 g/mol. The molecule has 0 spiro atoms. The number of benzene rings is 1. The lowest BCUT2D eigenvalue weighted by atomic mass is 10.3. The molecule has 1 aromatic carbocycles. The summed E-state index contributed by atoms with van der Waals surface area (Å²) in [7, 11) is 1.58. The maximum absolute atomic E-state index is 11.0. The summed E-state index contributed by atoms with van der Waals surface area (Å²) in [6.45, 7) is -1.71. The van der Waals surface area contributed by atoms with Gasteiger partial charge in [-0.2, -0.15) is 0 Å². The molecule has 1 atom stereocenters. The molecule has 0 aromatic heterocycles. The number of hydrogen-bond donors (Lipinski definition) is 1. The molecule has 0 radical (unpaired) electrons. The van der Waals surface area contributed by atoms with Crippen molar-refractivity contribution in [2.24, 2.45) is 0 Å². The zero-order chi connectivity index (χ0) is 9.90. The Morgan fingerprint density at radius 2 is 1.92 bits per heavy atom. The van der Waals surface area contributed by atoms with Crippen LogP contribution in [0.1, 0.15) is 0 Å². The normalized spacial score (nSPS) is 15.0. The highest BCUT2D eigenvalue weighted by Crippen LogP contribution is 2.54. The fourth-order valence-electron chi connectivity index (χ4n) is 0.832. The zero-order valence-electron chi connectivity index (χ0n) is 7.43. The molecule has 0 bridgehead atoms. The molecule has 3 nitrogen and oxygen atoms in total. The Morgan fingerprint density at radius 3 is 2.31 bits per heavy atom. The quantitative estimate of drug-likeness (QED) is 0.792. The van der Waals surface area contributed by atoms with Gasteiger partial charge in [0.1, 0.15) is 5.75 Å². The summed E-state index contributed by atoms with van der Waals surface area (Å²) in [5, 5.41) is 0. The Kier molecular flexibility index (Phi) is 3.42. The summed E-state index contributed by atoms with van der Waals surface area (Å²) >= 11 is 0.975. The van der Waals surface area contributed by atoms with E-state index in [9.17, 15) is 4.57 Å². The van der Waals surface area contributed by atoms with Crippen LogP contribution in [0.3, 0.4) is 0 Å². The molecule has 0 heterocycles. The van der Waals surface area contributed by atoms with Gasteiger partial charge in [0.2, 0.25) is 0 Å². The van der Waals surface area contributed by atoms with E-state index in [1.165, 1.54) is 6.66 Å². The van der Waals surface area contributed by atoms with E-state index in [1.807, 2.05) is 0 Å². The smallest absolute Gasteiger partial charge is 0.256 e. The van der Waals surface area contributed by atoms with Crippen molar-refractivity contribution in [3.8, 4) is 5.75 Å². The van der Waals surface area contributed by atoms with E-state index in [2.05, 4.69) is 0 Å². The molecule has 5 heteroatoms. The van der Waals surface area contributed by atoms with Crippen molar-refractivity contribution in [2.45, 2.75) is 4.90 Å². The zero-order valence-corrected chi connectivity index (χ0v) is 9.14. The molecule has 1 N–H and O–H groups in total. The van der Waals surface area contributed by atoms with E-state index in [1.54, 1.807) is 31.4 Å². The second-order valence-corrected chi connectivity index (χ2v) is 7.41. The monoisotopic (exact) mass is 218 g/mol. The van der Waals surface area contributed by atoms with Gasteiger partial charge < -0.3 is 9.63 Å². The molecule has 0 saturated carbocycles. The van der Waals surface area contributed by atoms with Crippen LogP contribution in [0.2, 0.25) is 0 Å². The predicted molar refractivity (Wildman–Crippen MR) is 54.6 cm³/mol. The van der Waals surface area contributed by atoms with Crippen LogP contribution in [0, 0.1) is 0 Å². The van der Waals surface area contributed by atoms with Gasteiger partial charge in [0.05, 0.1) is 7.11 Å². The maximum atomic E-state index is 11.0. The SMILES string of the molecule is COc1ccc(SP(C)(=O)O)cc1. The lowest BCUT2D eigenvalue weighted by molar-refractivity contribution is 0.414. The van der Waals surface area contributed by atoms with Crippen molar-refractivity contribution in [1.82, 2.24) is 0 Å². The van der Waals surface area contributed by atoms with Gasteiger partial charge >= 0.3 is 0 Å². The first-order valence-electron chi connectivity index (χ1n) is 3.65. The molecule has 0 fully saturated rings. The Hall–Kier alpha value is -0.440. The summed E-state index contributed by atoms with van der Waals surface area (Å²) in [5.41, 5.74) is 0. The van der Waals surface area contributed by atoms with Crippen LogP contribution in [-0.4, -0.2) is 18.7 Å². The van der Waals surface area contributed by atoms with Crippen molar-refractivity contribution in [2.75, 3.05) is 13.8 Å². The van der Waals surface area contributed by atoms with E-state index in [0.717, 1.165) is 22.0 Å². The van der Waals surface area contributed by atoms with Crippen LogP contribution in [0.4, 0.5) is 0 Å². The van der Waals surface area contributed by atoms with Crippen LogP contribution >= 0.6 is 18.0 Å². The Morgan fingerprint density at radius 1 is 1.38 bits per heavy atom. The molecule has 13 heavy (non-hydrogen) atoms. The fourth-order valence-corrected chi connectivity index (χ4v) is 3.02. The van der Waals surface area contributed by atoms with Gasteiger partial charge in [0, 0.05) is 11.6 Å². The summed E-state index contributed by atoms with van der Waals surface area (Å²) in [5.74, 6) is 0.744. The minimum atomic E-state index is -3.04. The van der Waals surface area contributed by atoms with Crippen LogP contribution in [-0.2, 0) is 4.57 Å². The van der Waals surface area contributed by atoms with E-state index in [0.29, 0.717) is 0 Å². The molecule has 1 unspecified atom stereocenters. The van der Waals surface area contributed by atoms with Crippen molar-refractivity contribution < 1.29 is 14.2 Å². The average molecular weight is 218 g/mol. The van der Waals surface area contributed by atoms with Crippen LogP contribution in [0.15, 0.2) is 29.2 Å². The summed E-state index contributed by atoms with van der Waals surface area (Å²) in [6.07, 6.45) is 0. The molecule has 1 aromatic rings. The highest BCUT2D eigenvalue weighted by atomic mass is 32.7. The lowest BCUT2D eigenvalue weighted by Crippen LogP contribution is -1.81. The summed E-state index contributed by atoms with van der Waals surface area (Å²) < 4.78 is 16.0. The second-order valence-electron chi connectivity index (χ2n) is 2.57. The van der Waals surface area contributed by atoms with Crippen molar-refractivity contribution >= 4 is 18.0 Å². The number of ether oxygens (including phenoxy) is 1. The number of rotatable bonds is 3. The van der Waals surface area contributed by atoms with Crippen LogP contribution in [0.25, 0.3) is 0 Å². The van der Waals surface area contributed by atoms with Crippen molar-refractivity contribution in [1.29, 1.82) is 0 Å². The van der Waals surface area contributed by atoms with Crippen LogP contribution in [0.5, 0.6) is 5.75 Å². The molecule has 72 valence electrons. The topological polar surface area (TPSA) is 46.5 Å².